The fraction of sp³-hybridized carbons (Fsp3) is 0.263. The smallest absolute Gasteiger partial charge is 0.329 e. The number of nitrogens with one attached hydrogen (secondary N) is 1. The fourth-order valence-corrected chi connectivity index (χ4v) is 2.59. The molecular weight excluding hydrogens is 370 g/mol. The van der Waals surface area contributed by atoms with Crippen LogP contribution in [0, 0.1) is 0 Å². The molecule has 0 saturated heterocycles. The molecule has 1 atom stereocenters. The van der Waals surface area contributed by atoms with Crippen LogP contribution in [-0.4, -0.2) is 39.2 Å². The second-order valence-electron chi connectivity index (χ2n) is 5.87. The summed E-state index contributed by atoms with van der Waals surface area (Å²) in [5, 5.41) is 2.47. The summed E-state index contributed by atoms with van der Waals surface area (Å²) in [4.78, 5) is 24.4. The zero-order valence-electron chi connectivity index (χ0n) is 14.8. The molecule has 1 amide bonds. The Morgan fingerprint density at radius 2 is 1.52 bits per heavy atom. The second kappa shape index (κ2) is 9.84. The second-order valence-corrected chi connectivity index (χ2v) is 7.51. The molecule has 0 aliphatic rings. The van der Waals surface area contributed by atoms with Crippen LogP contribution in [0.25, 0.3) is 0 Å². The third kappa shape index (κ3) is 8.02. The van der Waals surface area contributed by atoms with Crippen molar-refractivity contribution in [3.63, 3.8) is 0 Å². The van der Waals surface area contributed by atoms with Crippen LogP contribution in [-0.2, 0) is 41.7 Å². The summed E-state index contributed by atoms with van der Waals surface area (Å²) in [6.45, 7) is -0.628. The van der Waals surface area contributed by atoms with Gasteiger partial charge in [-0.3, -0.25) is 8.98 Å². The lowest BCUT2D eigenvalue weighted by Crippen LogP contribution is -2.45. The van der Waals surface area contributed by atoms with Crippen LogP contribution in [0.4, 0.5) is 0 Å². The van der Waals surface area contributed by atoms with E-state index in [1.165, 1.54) is 0 Å². The summed E-state index contributed by atoms with van der Waals surface area (Å²) in [6.07, 6.45) is 1.05. The molecule has 0 aliphatic heterocycles. The predicted octanol–water partition coefficient (Wildman–Crippen LogP) is 1.43. The quantitative estimate of drug-likeness (QED) is 0.513. The first kappa shape index (κ1) is 20.6. The number of carbonyl (C=O) groups is 2. The number of amides is 1. The van der Waals surface area contributed by atoms with E-state index in [-0.39, 0.29) is 13.0 Å². The van der Waals surface area contributed by atoms with Crippen LogP contribution < -0.4 is 5.32 Å². The molecule has 0 bridgehead atoms. The highest BCUT2D eigenvalue weighted by Crippen LogP contribution is 2.07. The molecule has 2 aromatic carbocycles. The Balaban J connectivity index is 2.01. The van der Waals surface area contributed by atoms with Crippen LogP contribution in [0.2, 0.25) is 0 Å². The Labute approximate surface area is 158 Å². The summed E-state index contributed by atoms with van der Waals surface area (Å²) in [7, 11) is -3.76. The van der Waals surface area contributed by atoms with E-state index in [0.717, 1.165) is 17.4 Å². The van der Waals surface area contributed by atoms with Gasteiger partial charge >= 0.3 is 5.97 Å². The van der Waals surface area contributed by atoms with E-state index in [2.05, 4.69) is 9.50 Å². The molecule has 144 valence electrons. The van der Waals surface area contributed by atoms with Crippen molar-refractivity contribution in [1.29, 1.82) is 0 Å². The molecule has 0 spiro atoms. The van der Waals surface area contributed by atoms with Gasteiger partial charge in [0.2, 0.25) is 5.91 Å². The Morgan fingerprint density at radius 1 is 0.963 bits per heavy atom. The summed E-state index contributed by atoms with van der Waals surface area (Å²) in [6, 6.07) is 17.3. The maximum Gasteiger partial charge on any atom is 0.329 e. The first-order valence-electron chi connectivity index (χ1n) is 8.22. The van der Waals surface area contributed by atoms with Crippen molar-refractivity contribution in [1.82, 2.24) is 5.32 Å². The Bertz CT molecular complexity index is 852. The molecule has 1 N–H and O–H groups in total. The van der Waals surface area contributed by atoms with Crippen molar-refractivity contribution < 1.29 is 26.9 Å². The molecule has 0 heterocycles. The molecule has 7 nitrogen and oxygen atoms in total. The topological polar surface area (TPSA) is 98.8 Å². The van der Waals surface area contributed by atoms with Gasteiger partial charge in [-0.25, -0.2) is 4.79 Å². The van der Waals surface area contributed by atoms with E-state index < -0.39 is 34.6 Å². The average molecular weight is 391 g/mol. The van der Waals surface area contributed by atoms with Gasteiger partial charge in [0.25, 0.3) is 10.1 Å². The Hall–Kier alpha value is -2.71. The lowest BCUT2D eigenvalue weighted by Gasteiger charge is -2.18. The first-order valence-corrected chi connectivity index (χ1v) is 10.0. The van der Waals surface area contributed by atoms with Gasteiger partial charge < -0.3 is 10.1 Å². The third-order valence-corrected chi connectivity index (χ3v) is 4.08. The summed E-state index contributed by atoms with van der Waals surface area (Å²) < 4.78 is 31.8. The lowest BCUT2D eigenvalue weighted by molar-refractivity contribution is -0.149. The molecule has 8 heteroatoms. The van der Waals surface area contributed by atoms with E-state index in [1.54, 1.807) is 0 Å². The van der Waals surface area contributed by atoms with Crippen LogP contribution in [0.15, 0.2) is 60.7 Å². The molecule has 0 aromatic heterocycles. The molecule has 2 aromatic rings. The van der Waals surface area contributed by atoms with Crippen molar-refractivity contribution >= 4 is 22.0 Å². The maximum absolute atomic E-state index is 12.5. The van der Waals surface area contributed by atoms with Crippen LogP contribution in [0.3, 0.4) is 0 Å². The number of ether oxygens (including phenoxy) is 1. The summed E-state index contributed by atoms with van der Waals surface area (Å²) >= 11 is 0. The molecule has 2 rings (SSSR count). The van der Waals surface area contributed by atoms with Crippen LogP contribution >= 0.6 is 0 Å². The minimum Gasteiger partial charge on any atom is -0.459 e. The van der Waals surface area contributed by atoms with Crippen molar-refractivity contribution in [2.24, 2.45) is 0 Å². The summed E-state index contributed by atoms with van der Waals surface area (Å²) in [5.41, 5.74) is 1.64. The summed E-state index contributed by atoms with van der Waals surface area (Å²) in [5.74, 6) is -1.34. The normalized spacial score (nSPS) is 12.2. The van der Waals surface area contributed by atoms with Gasteiger partial charge in [-0.1, -0.05) is 60.7 Å². The molecule has 0 aliphatic carbocycles. The van der Waals surface area contributed by atoms with Crippen molar-refractivity contribution in [3.05, 3.63) is 71.8 Å². The molecule has 27 heavy (non-hydrogen) atoms. The highest BCUT2D eigenvalue weighted by molar-refractivity contribution is 7.86. The number of rotatable bonds is 9. The highest BCUT2D eigenvalue weighted by Gasteiger charge is 2.23. The molecule has 0 unspecified atom stereocenters. The van der Waals surface area contributed by atoms with Gasteiger partial charge in [-0.2, -0.15) is 8.42 Å². The SMILES string of the molecule is CS(=O)(=O)OCC(=O)N[C@@H](Cc1ccccc1)C(=O)OCc1ccccc1. The average Bonchev–Trinajstić information content (AvgIpc) is 2.65. The van der Waals surface area contributed by atoms with Crippen molar-refractivity contribution in [2.75, 3.05) is 12.9 Å². The number of hydrogen-bond acceptors (Lipinski definition) is 6. The molecule has 0 radical (unpaired) electrons. The minimum absolute atomic E-state index is 0.0701. The van der Waals surface area contributed by atoms with E-state index in [9.17, 15) is 18.0 Å². The van der Waals surface area contributed by atoms with Crippen molar-refractivity contribution in [3.8, 4) is 0 Å². The van der Waals surface area contributed by atoms with E-state index >= 15 is 0 Å². The molecule has 0 saturated carbocycles. The predicted molar refractivity (Wildman–Crippen MR) is 99.1 cm³/mol. The van der Waals surface area contributed by atoms with Gasteiger partial charge in [-0.05, 0) is 11.1 Å². The van der Waals surface area contributed by atoms with E-state index in [4.69, 9.17) is 4.74 Å². The zero-order valence-corrected chi connectivity index (χ0v) is 15.6. The largest absolute Gasteiger partial charge is 0.459 e. The monoisotopic (exact) mass is 391 g/mol. The standard InChI is InChI=1S/C19H21NO6S/c1-27(23,24)26-14-18(21)20-17(12-15-8-4-2-5-9-15)19(22)25-13-16-10-6-3-7-11-16/h2-11,17H,12-14H2,1H3,(H,20,21)/t17-/m0/s1. The molecular formula is C19H21NO6S. The van der Waals surface area contributed by atoms with Crippen LogP contribution in [0.5, 0.6) is 0 Å². The Morgan fingerprint density at radius 3 is 2.07 bits per heavy atom. The Kier molecular flexibility index (Phi) is 7.51. The van der Waals surface area contributed by atoms with Crippen LogP contribution in [0.1, 0.15) is 11.1 Å². The van der Waals surface area contributed by atoms with Gasteiger partial charge in [-0.15, -0.1) is 0 Å². The minimum atomic E-state index is -3.76. The fourth-order valence-electron chi connectivity index (χ4n) is 2.27. The van der Waals surface area contributed by atoms with E-state index in [0.29, 0.717) is 0 Å². The number of hydrogen-bond donors (Lipinski definition) is 1. The maximum atomic E-state index is 12.5. The van der Waals surface area contributed by atoms with E-state index in [1.807, 2.05) is 60.7 Å². The number of benzene rings is 2. The number of esters is 1. The highest BCUT2D eigenvalue weighted by atomic mass is 32.2. The van der Waals surface area contributed by atoms with Crippen molar-refractivity contribution in [2.45, 2.75) is 19.1 Å². The zero-order chi connectivity index (χ0) is 19.7. The third-order valence-electron chi connectivity index (χ3n) is 3.53. The number of carbonyl (C=O) groups excluding carboxylic acids is 2. The van der Waals surface area contributed by atoms with Gasteiger partial charge in [0, 0.05) is 6.42 Å². The molecule has 0 fully saturated rings. The lowest BCUT2D eigenvalue weighted by atomic mass is 10.1. The first-order chi connectivity index (χ1) is 12.8. The van der Waals surface area contributed by atoms with Gasteiger partial charge in [0.1, 0.15) is 19.3 Å². The van der Waals surface area contributed by atoms with Gasteiger partial charge in [0.05, 0.1) is 6.26 Å². The van der Waals surface area contributed by atoms with Gasteiger partial charge in [0.15, 0.2) is 0 Å².